The number of alkyl halides is 2. The monoisotopic (exact) mass is 598 g/mol. The molecule has 3 N–H and O–H groups in total. The number of halogens is 7. The van der Waals surface area contributed by atoms with E-state index in [4.69, 9.17) is 0 Å². The topological polar surface area (TPSA) is 94.6 Å². The maximum atomic E-state index is 13.8. The van der Waals surface area contributed by atoms with Crippen LogP contribution in [0.15, 0.2) is 53.7 Å². The zero-order valence-electron chi connectivity index (χ0n) is 21.3. The smallest absolute Gasteiger partial charge is 0.310 e. The molecule has 1 saturated carbocycles. The summed E-state index contributed by atoms with van der Waals surface area (Å²) in [6, 6.07) is 1.19. The van der Waals surface area contributed by atoms with E-state index in [0.717, 1.165) is 4.90 Å². The van der Waals surface area contributed by atoms with Gasteiger partial charge in [0.2, 0.25) is 17.7 Å². The first-order valence-corrected chi connectivity index (χ1v) is 14.4. The highest BCUT2D eigenvalue weighted by atomic mass is 32.5. The molecule has 2 heterocycles. The van der Waals surface area contributed by atoms with E-state index in [9.17, 15) is 42.9 Å². The van der Waals surface area contributed by atoms with Gasteiger partial charge in [-0.15, -0.1) is 0 Å². The number of benzene rings is 1. The predicted molar refractivity (Wildman–Crippen MR) is 135 cm³/mol. The second kappa shape index (κ2) is 9.58. The average Bonchev–Trinajstić information content (AvgIpc) is 3.22. The van der Waals surface area contributed by atoms with Crippen molar-refractivity contribution < 1.29 is 42.9 Å². The Bertz CT molecular complexity index is 1250. The van der Waals surface area contributed by atoms with Gasteiger partial charge in [0.15, 0.2) is 0 Å². The normalized spacial score (nSPS) is 25.9. The van der Waals surface area contributed by atoms with E-state index < -0.39 is 69.4 Å². The molecule has 0 radical (unpaired) electrons. The van der Waals surface area contributed by atoms with Gasteiger partial charge in [0.25, 0.3) is 0 Å². The molecule has 3 atom stereocenters. The number of anilines is 1. The summed E-state index contributed by atoms with van der Waals surface area (Å²) in [7, 11) is -10.0. The van der Waals surface area contributed by atoms with Crippen molar-refractivity contribution in [2.45, 2.75) is 73.6 Å². The van der Waals surface area contributed by atoms with Crippen molar-refractivity contribution in [1.29, 1.82) is 0 Å². The minimum atomic E-state index is -10.0. The highest BCUT2D eigenvalue weighted by Gasteiger charge is 2.65. The third kappa shape index (κ3) is 7.04. The minimum absolute atomic E-state index is 0.000438. The largest absolute Gasteiger partial charge is 0.389 e. The Morgan fingerprint density at radius 3 is 2.23 bits per heavy atom. The summed E-state index contributed by atoms with van der Waals surface area (Å²) in [6.07, 6.45) is 1.51. The minimum Gasteiger partial charge on any atom is -0.389 e. The molecular weight excluding hydrogens is 569 g/mol. The third-order valence-corrected chi connectivity index (χ3v) is 8.20. The van der Waals surface area contributed by atoms with Gasteiger partial charge in [-0.3, -0.25) is 19.5 Å². The Balaban J connectivity index is 1.76. The summed E-state index contributed by atoms with van der Waals surface area (Å²) in [4.78, 5) is 30.1. The molecule has 4 rings (SSSR count). The van der Waals surface area contributed by atoms with Crippen molar-refractivity contribution in [1.82, 2.24) is 15.6 Å². The van der Waals surface area contributed by atoms with Crippen LogP contribution in [0.1, 0.15) is 50.6 Å². The highest BCUT2D eigenvalue weighted by Crippen LogP contribution is 3.02. The van der Waals surface area contributed by atoms with E-state index in [1.165, 1.54) is 31.5 Å². The third-order valence-electron chi connectivity index (χ3n) is 7.04. The van der Waals surface area contributed by atoms with Gasteiger partial charge in [-0.2, -0.15) is 0 Å². The van der Waals surface area contributed by atoms with Crippen LogP contribution in [0.4, 0.5) is 33.9 Å². The van der Waals surface area contributed by atoms with Crippen LogP contribution in [0.25, 0.3) is 0 Å². The molecule has 7 nitrogen and oxygen atoms in total. The molecule has 2 aromatic rings. The first-order valence-electron chi connectivity index (χ1n) is 12.5. The lowest BCUT2D eigenvalue weighted by Crippen LogP contribution is -2.52. The van der Waals surface area contributed by atoms with Gasteiger partial charge in [-0.25, -0.2) is 8.78 Å². The Morgan fingerprint density at radius 1 is 1.10 bits per heavy atom. The molecule has 1 aliphatic carbocycles. The van der Waals surface area contributed by atoms with E-state index >= 15 is 0 Å². The van der Waals surface area contributed by atoms with Crippen LogP contribution in [0.2, 0.25) is 0 Å². The van der Waals surface area contributed by atoms with E-state index in [-0.39, 0.29) is 49.2 Å². The zero-order valence-corrected chi connectivity index (χ0v) is 22.1. The maximum absolute atomic E-state index is 13.8. The number of nitrogens with one attached hydrogen (secondary N) is 2. The number of amides is 2. The summed E-state index contributed by atoms with van der Waals surface area (Å²) < 4.78 is 94.3. The molecular formula is C25H29F7N4O3S. The van der Waals surface area contributed by atoms with Gasteiger partial charge in [0.1, 0.15) is 10.9 Å². The van der Waals surface area contributed by atoms with Crippen LogP contribution in [0.3, 0.4) is 0 Å². The van der Waals surface area contributed by atoms with Crippen molar-refractivity contribution in [2.24, 2.45) is 0 Å². The van der Waals surface area contributed by atoms with Crippen molar-refractivity contribution in [3.05, 3.63) is 54.4 Å². The van der Waals surface area contributed by atoms with Crippen LogP contribution in [0.5, 0.6) is 0 Å². The molecule has 40 heavy (non-hydrogen) atoms. The van der Waals surface area contributed by atoms with Crippen molar-refractivity contribution >= 4 is 27.7 Å². The summed E-state index contributed by atoms with van der Waals surface area (Å²) in [5, 5.41) is 15.9. The first-order chi connectivity index (χ1) is 18.2. The second-order valence-electron chi connectivity index (χ2n) is 10.6. The van der Waals surface area contributed by atoms with Gasteiger partial charge >= 0.3 is 10.2 Å². The lowest BCUT2D eigenvalue weighted by Gasteiger charge is -2.41. The number of carbonyl (C=O) groups is 2. The molecule has 222 valence electrons. The predicted octanol–water partition coefficient (Wildman–Crippen LogP) is 5.62. The fourth-order valence-corrected chi connectivity index (χ4v) is 5.61. The molecule has 15 heteroatoms. The lowest BCUT2D eigenvalue weighted by molar-refractivity contribution is -0.128. The molecule has 1 saturated heterocycles. The second-order valence-corrected chi connectivity index (χ2v) is 13.0. The number of rotatable bonds is 7. The van der Waals surface area contributed by atoms with Gasteiger partial charge in [-0.1, -0.05) is 25.5 Å². The van der Waals surface area contributed by atoms with E-state index in [0.29, 0.717) is 12.1 Å². The number of aromatic nitrogens is 1. The van der Waals surface area contributed by atoms with Gasteiger partial charge in [0.05, 0.1) is 11.6 Å². The van der Waals surface area contributed by atoms with Crippen molar-refractivity contribution in [3.8, 4) is 0 Å². The Labute approximate surface area is 225 Å². The van der Waals surface area contributed by atoms with Crippen LogP contribution >= 0.6 is 10.2 Å². The van der Waals surface area contributed by atoms with E-state index in [1.807, 2.05) is 0 Å². The number of carbonyl (C=O) groups excluding carboxylic acids is 2. The van der Waals surface area contributed by atoms with Gasteiger partial charge in [-0.05, 0) is 50.1 Å². The SMILES string of the molecule is CC1(O)CNC(C(=O)N(c2ccc(S(F)(F)(F)(F)F)cc2)C(C(=O)NC2CCC(F)(F)CC2)c2cccnc2)C1. The molecule has 2 aliphatic rings. The van der Waals surface area contributed by atoms with Crippen molar-refractivity contribution in [3.63, 3.8) is 0 Å². The Kier molecular flexibility index (Phi) is 7.20. The van der Waals surface area contributed by atoms with Crippen molar-refractivity contribution in [2.75, 3.05) is 11.4 Å². The molecule has 1 aromatic carbocycles. The van der Waals surface area contributed by atoms with Crippen LogP contribution in [-0.2, 0) is 9.59 Å². The summed E-state index contributed by atoms with van der Waals surface area (Å²) in [5.41, 5.74) is -1.48. The molecule has 1 aromatic heterocycles. The number of pyridine rings is 1. The number of nitrogens with zero attached hydrogens (tertiary/aromatic N) is 2. The molecule has 1 aliphatic heterocycles. The van der Waals surface area contributed by atoms with Crippen LogP contribution < -0.4 is 15.5 Å². The number of hydrogen-bond acceptors (Lipinski definition) is 5. The number of β-amino-alcohol motifs (C(OH)–C–C–N with tert-alkyl or cyclic N) is 1. The quantitative estimate of drug-likeness (QED) is 0.360. The standard InChI is InChI=1S/C25H29F7N4O3S/c1-24(39)13-20(34-15-24)23(38)36(18-4-6-19(7-5-18)40(28,29,30,31)32)21(16-3-2-12-33-14-16)22(37)35-17-8-10-25(26,27)11-9-17/h2-7,12,14,17,20-21,34,39H,8-11,13,15H2,1H3,(H,35,37). The van der Waals surface area contributed by atoms with Crippen LogP contribution in [-0.4, -0.2) is 52.1 Å². The van der Waals surface area contributed by atoms with E-state index in [2.05, 4.69) is 15.6 Å². The highest BCUT2D eigenvalue weighted by molar-refractivity contribution is 8.45. The summed E-state index contributed by atoms with van der Waals surface area (Å²) in [6.45, 7) is 1.46. The Hall–Kier alpha value is -2.91. The zero-order chi connectivity index (χ0) is 29.6. The molecule has 3 unspecified atom stereocenters. The average molecular weight is 599 g/mol. The van der Waals surface area contributed by atoms with Gasteiger partial charge < -0.3 is 15.7 Å². The lowest BCUT2D eigenvalue weighted by atomic mass is 9.91. The number of aliphatic hydroxyl groups is 1. The fraction of sp³-hybridized carbons (Fsp3) is 0.480. The fourth-order valence-electron chi connectivity index (χ4n) is 4.96. The summed E-state index contributed by atoms with van der Waals surface area (Å²) >= 11 is 0. The number of hydrogen-bond donors (Lipinski definition) is 3. The Morgan fingerprint density at radius 2 is 1.73 bits per heavy atom. The van der Waals surface area contributed by atoms with E-state index in [1.54, 1.807) is 0 Å². The molecule has 0 spiro atoms. The first kappa shape index (κ1) is 30.1. The molecule has 2 fully saturated rings. The van der Waals surface area contributed by atoms with Crippen LogP contribution in [0, 0.1) is 0 Å². The summed E-state index contributed by atoms with van der Waals surface area (Å²) in [5.74, 6) is -4.52. The van der Waals surface area contributed by atoms with Gasteiger partial charge in [0, 0.05) is 55.5 Å². The maximum Gasteiger partial charge on any atom is 0.310 e. The molecule has 0 bridgehead atoms. The molecule has 2 amide bonds.